The molecular weight excluding hydrogens is 262 g/mol. The summed E-state index contributed by atoms with van der Waals surface area (Å²) in [6.07, 6.45) is 7.06. The molecule has 0 aliphatic carbocycles. The van der Waals surface area contributed by atoms with E-state index in [1.165, 1.54) is 11.3 Å². The van der Waals surface area contributed by atoms with Gasteiger partial charge in [0.05, 0.1) is 12.2 Å². The van der Waals surface area contributed by atoms with Crippen LogP contribution in [0.1, 0.15) is 33.6 Å². The molecule has 1 amide bonds. The number of carbonyl (C=O) groups is 1. The number of aromatic nitrogens is 3. The van der Waals surface area contributed by atoms with Crippen LogP contribution in [0.15, 0.2) is 24.7 Å². The molecule has 3 rings (SSSR count). The molecule has 1 saturated heterocycles. The zero-order valence-electron chi connectivity index (χ0n) is 10.2. The van der Waals surface area contributed by atoms with Crippen molar-refractivity contribution in [2.24, 2.45) is 5.73 Å². The number of hydrogen-bond acceptors (Lipinski definition) is 6. The second kappa shape index (κ2) is 4.93. The van der Waals surface area contributed by atoms with E-state index in [0.717, 1.165) is 24.4 Å². The van der Waals surface area contributed by atoms with Gasteiger partial charge in [0.15, 0.2) is 0 Å². The number of hydrogen-bond donors (Lipinski definition) is 1. The first-order chi connectivity index (χ1) is 9.25. The molecule has 0 radical (unpaired) electrons. The predicted molar refractivity (Wildman–Crippen MR) is 72.0 cm³/mol. The highest BCUT2D eigenvalue weighted by molar-refractivity contribution is 7.13. The summed E-state index contributed by atoms with van der Waals surface area (Å²) in [6, 6.07) is 1.93. The van der Waals surface area contributed by atoms with Gasteiger partial charge in [-0.3, -0.25) is 4.79 Å². The molecule has 2 aromatic heterocycles. The van der Waals surface area contributed by atoms with Crippen LogP contribution in [-0.2, 0) is 0 Å². The Morgan fingerprint density at radius 3 is 2.84 bits per heavy atom. The third kappa shape index (κ3) is 2.28. The third-order valence-corrected chi connectivity index (χ3v) is 4.23. The lowest BCUT2D eigenvalue weighted by atomic mass is 10.2. The van der Waals surface area contributed by atoms with Crippen molar-refractivity contribution in [3.8, 4) is 0 Å². The van der Waals surface area contributed by atoms with E-state index < -0.39 is 5.91 Å². The molecule has 98 valence electrons. The molecule has 19 heavy (non-hydrogen) atoms. The highest BCUT2D eigenvalue weighted by Gasteiger charge is 2.30. The summed E-state index contributed by atoms with van der Waals surface area (Å²) in [5.41, 5.74) is 5.26. The second-order valence-corrected chi connectivity index (χ2v) is 5.39. The van der Waals surface area contributed by atoms with Gasteiger partial charge in [0.25, 0.3) is 5.91 Å². The van der Waals surface area contributed by atoms with E-state index in [-0.39, 0.29) is 6.04 Å². The highest BCUT2D eigenvalue weighted by Crippen LogP contribution is 2.35. The van der Waals surface area contributed by atoms with Gasteiger partial charge >= 0.3 is 0 Å². The first-order valence-electron chi connectivity index (χ1n) is 6.05. The van der Waals surface area contributed by atoms with Crippen LogP contribution in [0.5, 0.6) is 0 Å². The Balaban J connectivity index is 1.88. The Bertz CT molecular complexity index is 585. The van der Waals surface area contributed by atoms with Crippen LogP contribution in [-0.4, -0.2) is 27.4 Å². The SMILES string of the molecule is NC(=O)c1cnc([C@H]2CCCN2c2ncccn2)s1. The summed E-state index contributed by atoms with van der Waals surface area (Å²) < 4.78 is 0. The number of anilines is 1. The number of carbonyl (C=O) groups excluding carboxylic acids is 1. The van der Waals surface area contributed by atoms with Gasteiger partial charge in [-0.25, -0.2) is 15.0 Å². The molecule has 6 nitrogen and oxygen atoms in total. The lowest BCUT2D eigenvalue weighted by Gasteiger charge is -2.22. The van der Waals surface area contributed by atoms with E-state index in [1.807, 2.05) is 0 Å². The van der Waals surface area contributed by atoms with Gasteiger partial charge in [0.2, 0.25) is 5.95 Å². The molecule has 0 bridgehead atoms. The summed E-state index contributed by atoms with van der Waals surface area (Å²) in [6.45, 7) is 0.903. The van der Waals surface area contributed by atoms with Gasteiger partial charge in [-0.2, -0.15) is 0 Å². The Kier molecular flexibility index (Phi) is 3.12. The molecule has 3 heterocycles. The smallest absolute Gasteiger partial charge is 0.260 e. The summed E-state index contributed by atoms with van der Waals surface area (Å²) >= 11 is 1.35. The average Bonchev–Trinajstić information content (AvgIpc) is 3.08. The van der Waals surface area contributed by atoms with Gasteiger partial charge in [0, 0.05) is 18.9 Å². The minimum Gasteiger partial charge on any atom is -0.365 e. The van der Waals surface area contributed by atoms with Gasteiger partial charge in [-0.15, -0.1) is 11.3 Å². The molecule has 2 N–H and O–H groups in total. The average molecular weight is 275 g/mol. The van der Waals surface area contributed by atoms with E-state index in [9.17, 15) is 4.79 Å². The molecule has 1 aliphatic rings. The van der Waals surface area contributed by atoms with E-state index >= 15 is 0 Å². The molecule has 7 heteroatoms. The number of rotatable bonds is 3. The van der Waals surface area contributed by atoms with Crippen LogP contribution in [0.4, 0.5) is 5.95 Å². The van der Waals surface area contributed by atoms with Gasteiger partial charge < -0.3 is 10.6 Å². The van der Waals surface area contributed by atoms with Crippen LogP contribution in [0.25, 0.3) is 0 Å². The number of nitrogens with zero attached hydrogens (tertiary/aromatic N) is 4. The molecule has 2 aromatic rings. The molecular formula is C12H13N5OS. The van der Waals surface area contributed by atoms with Crippen molar-refractivity contribution < 1.29 is 4.79 Å². The summed E-state index contributed by atoms with van der Waals surface area (Å²) in [7, 11) is 0. The van der Waals surface area contributed by atoms with E-state index in [2.05, 4.69) is 19.9 Å². The number of nitrogens with two attached hydrogens (primary N) is 1. The van der Waals surface area contributed by atoms with Crippen LogP contribution in [0.2, 0.25) is 0 Å². The van der Waals surface area contributed by atoms with Crippen molar-refractivity contribution in [2.45, 2.75) is 18.9 Å². The Morgan fingerprint density at radius 1 is 1.37 bits per heavy atom. The van der Waals surface area contributed by atoms with Crippen LogP contribution < -0.4 is 10.6 Å². The fourth-order valence-electron chi connectivity index (χ4n) is 2.26. The number of amides is 1. The molecule has 0 aromatic carbocycles. The van der Waals surface area contributed by atoms with Crippen molar-refractivity contribution in [2.75, 3.05) is 11.4 Å². The molecule has 0 saturated carbocycles. The van der Waals surface area contributed by atoms with Gasteiger partial charge in [0.1, 0.15) is 9.88 Å². The minimum atomic E-state index is -0.427. The number of thiazole rings is 1. The van der Waals surface area contributed by atoms with E-state index in [1.54, 1.807) is 24.7 Å². The Morgan fingerprint density at radius 2 is 2.16 bits per heavy atom. The van der Waals surface area contributed by atoms with Gasteiger partial charge in [-0.1, -0.05) is 0 Å². The Labute approximate surface area is 114 Å². The molecule has 0 spiro atoms. The van der Waals surface area contributed by atoms with Crippen molar-refractivity contribution in [1.29, 1.82) is 0 Å². The van der Waals surface area contributed by atoms with Crippen molar-refractivity contribution in [3.05, 3.63) is 34.5 Å². The van der Waals surface area contributed by atoms with Crippen molar-refractivity contribution >= 4 is 23.2 Å². The maximum Gasteiger partial charge on any atom is 0.260 e. The summed E-state index contributed by atoms with van der Waals surface area (Å²) in [5, 5.41) is 0.902. The summed E-state index contributed by atoms with van der Waals surface area (Å²) in [5.74, 6) is 0.282. The third-order valence-electron chi connectivity index (χ3n) is 3.11. The first-order valence-corrected chi connectivity index (χ1v) is 6.86. The zero-order chi connectivity index (χ0) is 13.2. The highest BCUT2D eigenvalue weighted by atomic mass is 32.1. The van der Waals surface area contributed by atoms with E-state index in [0.29, 0.717) is 10.8 Å². The molecule has 1 atom stereocenters. The van der Waals surface area contributed by atoms with Crippen LogP contribution in [0, 0.1) is 0 Å². The molecule has 1 fully saturated rings. The van der Waals surface area contributed by atoms with Crippen molar-refractivity contribution in [1.82, 2.24) is 15.0 Å². The Hall–Kier alpha value is -2.02. The first kappa shape index (κ1) is 12.0. The second-order valence-electron chi connectivity index (χ2n) is 4.33. The van der Waals surface area contributed by atoms with Crippen LogP contribution >= 0.6 is 11.3 Å². The standard InChI is InChI=1S/C12H13N5OS/c13-10(18)9-7-16-11(19-9)8-3-1-6-17(8)12-14-4-2-5-15-12/h2,4-5,7-8H,1,3,6H2,(H2,13,18)/t8-/m1/s1. The lowest BCUT2D eigenvalue weighted by molar-refractivity contribution is 0.100. The van der Waals surface area contributed by atoms with Gasteiger partial charge in [-0.05, 0) is 18.9 Å². The molecule has 0 unspecified atom stereocenters. The maximum atomic E-state index is 11.1. The lowest BCUT2D eigenvalue weighted by Crippen LogP contribution is -2.24. The topological polar surface area (TPSA) is 85.0 Å². The largest absolute Gasteiger partial charge is 0.365 e. The maximum absolute atomic E-state index is 11.1. The van der Waals surface area contributed by atoms with Crippen molar-refractivity contribution in [3.63, 3.8) is 0 Å². The minimum absolute atomic E-state index is 0.139. The summed E-state index contributed by atoms with van der Waals surface area (Å²) in [4.78, 5) is 26.6. The fourth-order valence-corrected chi connectivity index (χ4v) is 3.18. The number of primary amides is 1. The van der Waals surface area contributed by atoms with Crippen LogP contribution in [0.3, 0.4) is 0 Å². The monoisotopic (exact) mass is 275 g/mol. The quantitative estimate of drug-likeness (QED) is 0.914. The van der Waals surface area contributed by atoms with E-state index in [4.69, 9.17) is 5.73 Å². The zero-order valence-corrected chi connectivity index (χ0v) is 11.0. The molecule has 1 aliphatic heterocycles. The predicted octanol–water partition coefficient (Wildman–Crippen LogP) is 1.37. The normalized spacial score (nSPS) is 18.7. The fraction of sp³-hybridized carbons (Fsp3) is 0.333.